The van der Waals surface area contributed by atoms with Gasteiger partial charge in [-0.25, -0.2) is 4.39 Å². The highest BCUT2D eigenvalue weighted by atomic mass is 35.5. The molecule has 3 unspecified atom stereocenters. The van der Waals surface area contributed by atoms with Gasteiger partial charge in [0.05, 0.1) is 29.0 Å². The molecular formula is C31H46ClFN4O4. The Labute approximate surface area is 247 Å². The van der Waals surface area contributed by atoms with Crippen molar-refractivity contribution < 1.29 is 24.2 Å². The van der Waals surface area contributed by atoms with Crippen molar-refractivity contribution in [1.82, 2.24) is 10.2 Å². The largest absolute Gasteiger partial charge is 0.391 e. The van der Waals surface area contributed by atoms with Crippen molar-refractivity contribution in [2.75, 3.05) is 24.5 Å². The van der Waals surface area contributed by atoms with Crippen LogP contribution in [-0.2, 0) is 9.59 Å². The van der Waals surface area contributed by atoms with Crippen LogP contribution >= 0.6 is 11.6 Å². The number of aliphatic hydroxyl groups is 2. The summed E-state index contributed by atoms with van der Waals surface area (Å²) >= 11 is 6.28. The molecule has 6 rings (SSSR count). The van der Waals surface area contributed by atoms with Gasteiger partial charge >= 0.3 is 0 Å². The minimum absolute atomic E-state index is 0.00967. The van der Waals surface area contributed by atoms with Crippen molar-refractivity contribution in [3.05, 3.63) is 29.0 Å². The van der Waals surface area contributed by atoms with Crippen molar-refractivity contribution in [3.8, 4) is 0 Å². The normalized spacial score (nSPS) is 33.2. The second-order valence-corrected chi connectivity index (χ2v) is 14.7. The molecule has 8 nitrogen and oxygen atoms in total. The number of carbonyl (C=O) groups is 2. The van der Waals surface area contributed by atoms with Crippen LogP contribution in [0.5, 0.6) is 0 Å². The lowest BCUT2D eigenvalue weighted by molar-refractivity contribution is -0.149. The van der Waals surface area contributed by atoms with Crippen LogP contribution < -0.4 is 16.0 Å². The lowest BCUT2D eigenvalue weighted by Gasteiger charge is -2.58. The molecule has 4 bridgehead atoms. The van der Waals surface area contributed by atoms with Crippen LogP contribution in [0, 0.1) is 35.4 Å². The van der Waals surface area contributed by atoms with Gasteiger partial charge in [-0.05, 0) is 94.2 Å². The number of nitrogens with zero attached hydrogens (tertiary/aromatic N) is 2. The average Bonchev–Trinajstić information content (AvgIpc) is 2.86. The summed E-state index contributed by atoms with van der Waals surface area (Å²) in [6.45, 7) is 8.53. The SMILES string of the molecule is CC(C)[C@H](C[C@H](O)[C@@H](N)CN1CC(=O)N(c2cc(F)ccc2Cl)CC1(C)C)C(=O)NC1[C@@H]2CC3C[C@H]1CC(O)(C3)C2. The van der Waals surface area contributed by atoms with Crippen molar-refractivity contribution in [1.29, 1.82) is 0 Å². The molecule has 1 saturated heterocycles. The van der Waals surface area contributed by atoms with Crippen LogP contribution in [-0.4, -0.2) is 75.9 Å². The number of rotatable bonds is 9. The molecule has 1 heterocycles. The lowest BCUT2D eigenvalue weighted by Crippen LogP contribution is -2.64. The summed E-state index contributed by atoms with van der Waals surface area (Å²) < 4.78 is 13.9. The first-order valence-corrected chi connectivity index (χ1v) is 15.5. The Balaban J connectivity index is 1.19. The van der Waals surface area contributed by atoms with Gasteiger partial charge in [-0.3, -0.25) is 14.5 Å². The lowest BCUT2D eigenvalue weighted by atomic mass is 9.52. The number of nitrogens with two attached hydrogens (primary N) is 1. The number of amides is 2. The summed E-state index contributed by atoms with van der Waals surface area (Å²) in [5.41, 5.74) is 5.77. The molecule has 5 N–H and O–H groups in total. The third kappa shape index (κ3) is 6.30. The Hall–Kier alpha value is -1.78. The molecule has 2 amide bonds. The summed E-state index contributed by atoms with van der Waals surface area (Å²) in [6.07, 6.45) is 3.85. The van der Waals surface area contributed by atoms with Crippen molar-refractivity contribution >= 4 is 29.1 Å². The van der Waals surface area contributed by atoms with E-state index in [1.165, 1.54) is 23.1 Å². The van der Waals surface area contributed by atoms with Crippen LogP contribution in [0.25, 0.3) is 0 Å². The Bertz CT molecular complexity index is 1150. The number of benzene rings is 1. The van der Waals surface area contributed by atoms with Crippen molar-refractivity contribution in [3.63, 3.8) is 0 Å². The number of piperazine rings is 1. The van der Waals surface area contributed by atoms with Crippen LogP contribution in [0.2, 0.25) is 5.02 Å². The van der Waals surface area contributed by atoms with E-state index >= 15 is 0 Å². The minimum Gasteiger partial charge on any atom is -0.391 e. The maximum atomic E-state index is 13.9. The summed E-state index contributed by atoms with van der Waals surface area (Å²) in [5, 5.41) is 25.7. The number of carbonyl (C=O) groups excluding carboxylic acids is 2. The summed E-state index contributed by atoms with van der Waals surface area (Å²) in [6, 6.07) is 3.38. The third-order valence-electron chi connectivity index (χ3n) is 10.3. The van der Waals surface area contributed by atoms with E-state index in [4.69, 9.17) is 17.3 Å². The molecule has 1 aliphatic heterocycles. The Morgan fingerprint density at radius 3 is 2.49 bits per heavy atom. The van der Waals surface area contributed by atoms with Gasteiger partial charge in [-0.2, -0.15) is 0 Å². The van der Waals surface area contributed by atoms with E-state index in [1.807, 2.05) is 32.6 Å². The molecule has 0 radical (unpaired) electrons. The summed E-state index contributed by atoms with van der Waals surface area (Å²) in [4.78, 5) is 30.1. The standard InChI is InChI=1S/C31H46ClFN4O4/c1-17(2)22(29(40)35-28-19-7-18-8-20(28)13-31(41,11-18)12-19)10-26(38)24(34)14-36-15-27(39)37(16-30(36,3)4)25-9-21(33)5-6-23(25)32/h5-6,9,17-20,22,24,26,28,38,41H,7-8,10-16,34H2,1-4H3,(H,35,40)/t18?,19-,20+,22-,24-,26-,28?,31?/m0/s1. The Morgan fingerprint density at radius 2 is 1.88 bits per heavy atom. The van der Waals surface area contributed by atoms with Gasteiger partial charge in [0.2, 0.25) is 11.8 Å². The highest BCUT2D eigenvalue weighted by Gasteiger charge is 2.55. The van der Waals surface area contributed by atoms with E-state index in [0.717, 1.165) is 32.1 Å². The zero-order valence-electron chi connectivity index (χ0n) is 24.7. The van der Waals surface area contributed by atoms with Crippen molar-refractivity contribution in [2.24, 2.45) is 35.3 Å². The van der Waals surface area contributed by atoms with Gasteiger partial charge in [-0.15, -0.1) is 0 Å². The molecule has 5 fully saturated rings. The highest BCUT2D eigenvalue weighted by molar-refractivity contribution is 6.33. The fraction of sp³-hybridized carbons (Fsp3) is 0.742. The Morgan fingerprint density at radius 1 is 1.22 bits per heavy atom. The molecule has 4 saturated carbocycles. The van der Waals surface area contributed by atoms with Gasteiger partial charge in [0.25, 0.3) is 0 Å². The Kier molecular flexibility index (Phi) is 8.51. The number of halogens is 2. The van der Waals surface area contributed by atoms with Crippen LogP contribution in [0.15, 0.2) is 18.2 Å². The number of hydrogen-bond acceptors (Lipinski definition) is 6. The predicted molar refractivity (Wildman–Crippen MR) is 157 cm³/mol. The fourth-order valence-electron chi connectivity index (χ4n) is 8.24. The van der Waals surface area contributed by atoms with Gasteiger partial charge < -0.3 is 26.2 Å². The van der Waals surface area contributed by atoms with E-state index in [9.17, 15) is 24.2 Å². The maximum absolute atomic E-state index is 13.9. The maximum Gasteiger partial charge on any atom is 0.241 e. The first kappa shape index (κ1) is 30.7. The molecule has 0 spiro atoms. The third-order valence-corrected chi connectivity index (χ3v) is 10.7. The highest BCUT2D eigenvalue weighted by Crippen LogP contribution is 2.55. The van der Waals surface area contributed by atoms with Gasteiger partial charge in [0.15, 0.2) is 0 Å². The first-order valence-electron chi connectivity index (χ1n) is 15.1. The van der Waals surface area contributed by atoms with Gasteiger partial charge in [0.1, 0.15) is 5.82 Å². The van der Waals surface area contributed by atoms with E-state index in [0.29, 0.717) is 28.5 Å². The van der Waals surface area contributed by atoms with Crippen LogP contribution in [0.4, 0.5) is 10.1 Å². The summed E-state index contributed by atoms with van der Waals surface area (Å²) in [5.74, 6) is 0.0624. The smallest absolute Gasteiger partial charge is 0.241 e. The van der Waals surface area contributed by atoms with E-state index < -0.39 is 35.0 Å². The molecule has 228 valence electrons. The first-order chi connectivity index (χ1) is 19.2. The second kappa shape index (κ2) is 11.4. The summed E-state index contributed by atoms with van der Waals surface area (Å²) in [7, 11) is 0. The zero-order valence-corrected chi connectivity index (χ0v) is 25.4. The number of anilines is 1. The molecule has 1 aromatic rings. The van der Waals surface area contributed by atoms with Crippen LogP contribution in [0.3, 0.4) is 0 Å². The van der Waals surface area contributed by atoms with Crippen molar-refractivity contribution in [2.45, 2.75) is 95.5 Å². The van der Waals surface area contributed by atoms with Crippen LogP contribution in [0.1, 0.15) is 66.2 Å². The van der Waals surface area contributed by atoms with Gasteiger partial charge in [-0.1, -0.05) is 25.4 Å². The molecule has 4 aliphatic carbocycles. The molecule has 5 aliphatic rings. The molecular weight excluding hydrogens is 547 g/mol. The zero-order chi connectivity index (χ0) is 29.9. The van der Waals surface area contributed by atoms with E-state index in [1.54, 1.807) is 0 Å². The predicted octanol–water partition coefficient (Wildman–Crippen LogP) is 3.31. The monoisotopic (exact) mass is 592 g/mol. The molecule has 41 heavy (non-hydrogen) atoms. The molecule has 10 heteroatoms. The average molecular weight is 593 g/mol. The minimum atomic E-state index is -0.936. The van der Waals surface area contributed by atoms with E-state index in [2.05, 4.69) is 5.32 Å². The van der Waals surface area contributed by atoms with E-state index in [-0.39, 0.29) is 49.8 Å². The molecule has 8 atom stereocenters. The molecule has 1 aromatic carbocycles. The fourth-order valence-corrected chi connectivity index (χ4v) is 8.46. The number of nitrogens with one attached hydrogen (secondary N) is 1. The second-order valence-electron chi connectivity index (χ2n) is 14.3. The number of aliphatic hydroxyl groups excluding tert-OH is 1. The number of hydrogen-bond donors (Lipinski definition) is 4. The molecule has 0 aromatic heterocycles. The van der Waals surface area contributed by atoms with Gasteiger partial charge in [0, 0.05) is 36.6 Å². The topological polar surface area (TPSA) is 119 Å². The quantitative estimate of drug-likeness (QED) is 0.349.